The number of piperidine rings is 1. The Kier molecular flexibility index (Phi) is 7.17. The van der Waals surface area contributed by atoms with E-state index >= 15 is 0 Å². The smallest absolute Gasteiger partial charge is 0.332 e. The molecule has 1 aromatic rings. The first-order valence-electron chi connectivity index (χ1n) is 9.79. The van der Waals surface area contributed by atoms with Crippen LogP contribution in [0.2, 0.25) is 0 Å². The third-order valence-electron chi connectivity index (χ3n) is 4.97. The Morgan fingerprint density at radius 2 is 1.96 bits per heavy atom. The van der Waals surface area contributed by atoms with Gasteiger partial charge < -0.3 is 11.1 Å². The van der Waals surface area contributed by atoms with Crippen LogP contribution < -0.4 is 22.3 Å². The van der Waals surface area contributed by atoms with E-state index in [1.165, 1.54) is 11.6 Å². The highest BCUT2D eigenvalue weighted by Crippen LogP contribution is 2.13. The van der Waals surface area contributed by atoms with Gasteiger partial charge >= 0.3 is 5.69 Å². The molecule has 3 N–H and O–H groups in total. The fourth-order valence-corrected chi connectivity index (χ4v) is 3.52. The van der Waals surface area contributed by atoms with Crippen molar-refractivity contribution in [1.82, 2.24) is 19.4 Å². The number of aromatic nitrogens is 2. The predicted octanol–water partition coefficient (Wildman–Crippen LogP) is -0.0415. The zero-order chi connectivity index (χ0) is 21.0. The first kappa shape index (κ1) is 21.9. The molecule has 0 spiro atoms. The molecular formula is C19H31N5O4. The summed E-state index contributed by atoms with van der Waals surface area (Å²) in [5, 5.41) is 2.95. The van der Waals surface area contributed by atoms with Gasteiger partial charge in [-0.2, -0.15) is 0 Å². The summed E-state index contributed by atoms with van der Waals surface area (Å²) < 4.78 is 2.23. The van der Waals surface area contributed by atoms with E-state index in [1.807, 2.05) is 18.7 Å². The molecule has 156 valence electrons. The molecule has 1 amide bonds. The number of amides is 1. The van der Waals surface area contributed by atoms with Crippen LogP contribution in [0.1, 0.15) is 50.4 Å². The predicted molar refractivity (Wildman–Crippen MR) is 107 cm³/mol. The molecule has 1 saturated heterocycles. The van der Waals surface area contributed by atoms with E-state index < -0.39 is 17.0 Å². The lowest BCUT2D eigenvalue weighted by Gasteiger charge is -2.32. The molecule has 0 aliphatic carbocycles. The van der Waals surface area contributed by atoms with Crippen molar-refractivity contribution in [2.24, 2.45) is 13.0 Å². The van der Waals surface area contributed by atoms with E-state index in [4.69, 9.17) is 5.73 Å². The minimum Gasteiger partial charge on any atom is -0.384 e. The van der Waals surface area contributed by atoms with Crippen LogP contribution in [0.25, 0.3) is 0 Å². The van der Waals surface area contributed by atoms with Crippen LogP contribution in [-0.2, 0) is 18.4 Å². The van der Waals surface area contributed by atoms with Gasteiger partial charge in [0.15, 0.2) is 5.78 Å². The number of carbonyl (C=O) groups excluding carboxylic acids is 2. The molecule has 0 aromatic carbocycles. The third kappa shape index (κ3) is 4.89. The molecular weight excluding hydrogens is 362 g/mol. The molecule has 2 rings (SSSR count). The molecule has 28 heavy (non-hydrogen) atoms. The van der Waals surface area contributed by atoms with Crippen LogP contribution in [0.15, 0.2) is 9.59 Å². The van der Waals surface area contributed by atoms with E-state index in [0.717, 1.165) is 17.4 Å². The van der Waals surface area contributed by atoms with Crippen LogP contribution in [0.3, 0.4) is 0 Å². The summed E-state index contributed by atoms with van der Waals surface area (Å²) in [5.74, 6) is -0.361. The number of rotatable bonds is 7. The SMILES string of the molecule is CCC(=O)NC1CCCN(CC(=O)c2c(N)n(CC(C)C)c(=O)n(C)c2=O)C1. The van der Waals surface area contributed by atoms with Crippen molar-refractivity contribution in [2.45, 2.75) is 52.6 Å². The second-order valence-corrected chi connectivity index (χ2v) is 7.83. The maximum Gasteiger partial charge on any atom is 0.332 e. The van der Waals surface area contributed by atoms with Gasteiger partial charge in [-0.25, -0.2) is 4.79 Å². The summed E-state index contributed by atoms with van der Waals surface area (Å²) in [5.41, 5.74) is 4.75. The molecule has 1 aliphatic heterocycles. The number of hydrogen-bond acceptors (Lipinski definition) is 6. The highest BCUT2D eigenvalue weighted by Gasteiger charge is 2.27. The van der Waals surface area contributed by atoms with Gasteiger partial charge in [0.2, 0.25) is 5.91 Å². The number of hydrogen-bond donors (Lipinski definition) is 2. The monoisotopic (exact) mass is 393 g/mol. The van der Waals surface area contributed by atoms with E-state index in [-0.39, 0.29) is 35.8 Å². The van der Waals surface area contributed by atoms with Gasteiger partial charge in [-0.15, -0.1) is 0 Å². The quantitative estimate of drug-likeness (QED) is 0.627. The Balaban J connectivity index is 2.24. The van der Waals surface area contributed by atoms with Gasteiger partial charge in [0.05, 0.1) is 6.54 Å². The standard InChI is InChI=1S/C19H31N5O4/c1-5-15(26)21-13-7-6-8-23(10-13)11-14(25)16-17(20)24(9-12(2)3)19(28)22(4)18(16)27/h12-13H,5-11,20H2,1-4H3,(H,21,26). The van der Waals surface area contributed by atoms with Crippen molar-refractivity contribution >= 4 is 17.5 Å². The highest BCUT2D eigenvalue weighted by molar-refractivity contribution is 6.01. The molecule has 0 bridgehead atoms. The van der Waals surface area contributed by atoms with E-state index in [1.54, 1.807) is 6.92 Å². The molecule has 1 fully saturated rings. The Morgan fingerprint density at radius 1 is 1.29 bits per heavy atom. The summed E-state index contributed by atoms with van der Waals surface area (Å²) in [7, 11) is 1.36. The fourth-order valence-electron chi connectivity index (χ4n) is 3.52. The maximum atomic E-state index is 12.9. The van der Waals surface area contributed by atoms with Crippen LogP contribution >= 0.6 is 0 Å². The number of ketones is 1. The van der Waals surface area contributed by atoms with Gasteiger partial charge in [-0.1, -0.05) is 20.8 Å². The van der Waals surface area contributed by atoms with Crippen molar-refractivity contribution in [1.29, 1.82) is 0 Å². The topological polar surface area (TPSA) is 119 Å². The molecule has 0 radical (unpaired) electrons. The van der Waals surface area contributed by atoms with Crippen molar-refractivity contribution in [3.63, 3.8) is 0 Å². The van der Waals surface area contributed by atoms with E-state index in [9.17, 15) is 19.2 Å². The molecule has 2 heterocycles. The molecule has 9 heteroatoms. The number of likely N-dealkylation sites (tertiary alicyclic amines) is 1. The number of nitrogens with zero attached hydrogens (tertiary/aromatic N) is 3. The highest BCUT2D eigenvalue weighted by atomic mass is 16.2. The van der Waals surface area contributed by atoms with Crippen molar-refractivity contribution in [3.8, 4) is 0 Å². The molecule has 0 saturated carbocycles. The van der Waals surface area contributed by atoms with Crippen molar-refractivity contribution < 1.29 is 9.59 Å². The summed E-state index contributed by atoms with van der Waals surface area (Å²) in [6.07, 6.45) is 2.13. The average Bonchev–Trinajstić information content (AvgIpc) is 2.63. The number of Topliss-reactive ketones (excluding diaryl/α,β-unsaturated/α-hetero) is 1. The molecule has 1 atom stereocenters. The number of carbonyl (C=O) groups is 2. The van der Waals surface area contributed by atoms with Crippen LogP contribution in [0, 0.1) is 5.92 Å². The molecule has 1 aliphatic rings. The second kappa shape index (κ2) is 9.18. The first-order chi connectivity index (χ1) is 13.1. The summed E-state index contributed by atoms with van der Waals surface area (Å²) in [4.78, 5) is 51.4. The minimum atomic E-state index is -0.666. The van der Waals surface area contributed by atoms with E-state index in [0.29, 0.717) is 26.1 Å². The minimum absolute atomic E-state index is 0.0101. The lowest BCUT2D eigenvalue weighted by molar-refractivity contribution is -0.121. The second-order valence-electron chi connectivity index (χ2n) is 7.83. The molecule has 9 nitrogen and oxygen atoms in total. The normalized spacial score (nSPS) is 17.7. The average molecular weight is 393 g/mol. The maximum absolute atomic E-state index is 12.9. The lowest BCUT2D eigenvalue weighted by atomic mass is 10.0. The third-order valence-corrected chi connectivity index (χ3v) is 4.97. The number of nitrogens with two attached hydrogens (primary N) is 1. The van der Waals surface area contributed by atoms with Crippen LogP contribution in [0.4, 0.5) is 5.82 Å². The Hall–Kier alpha value is -2.42. The zero-order valence-corrected chi connectivity index (χ0v) is 17.2. The number of nitrogens with one attached hydrogen (secondary N) is 1. The molecule has 1 unspecified atom stereocenters. The van der Waals surface area contributed by atoms with Crippen molar-refractivity contribution in [3.05, 3.63) is 26.4 Å². The number of nitrogen functional groups attached to an aromatic ring is 1. The molecule has 1 aromatic heterocycles. The van der Waals surface area contributed by atoms with Crippen molar-refractivity contribution in [2.75, 3.05) is 25.4 Å². The number of anilines is 1. The Bertz CT molecular complexity index is 855. The van der Waals surface area contributed by atoms with Gasteiger partial charge in [-0.05, 0) is 25.3 Å². The van der Waals surface area contributed by atoms with Gasteiger partial charge in [0, 0.05) is 32.6 Å². The Morgan fingerprint density at radius 3 is 2.57 bits per heavy atom. The lowest BCUT2D eigenvalue weighted by Crippen LogP contribution is -2.50. The van der Waals surface area contributed by atoms with Gasteiger partial charge in [-0.3, -0.25) is 28.4 Å². The first-order valence-corrected chi connectivity index (χ1v) is 9.79. The largest absolute Gasteiger partial charge is 0.384 e. The zero-order valence-electron chi connectivity index (χ0n) is 17.2. The summed E-state index contributed by atoms with van der Waals surface area (Å²) in [6.45, 7) is 7.25. The van der Waals surface area contributed by atoms with Crippen LogP contribution in [-0.4, -0.2) is 51.4 Å². The van der Waals surface area contributed by atoms with E-state index in [2.05, 4.69) is 5.32 Å². The fraction of sp³-hybridized carbons (Fsp3) is 0.684. The van der Waals surface area contributed by atoms with Gasteiger partial charge in [0.1, 0.15) is 11.4 Å². The van der Waals surface area contributed by atoms with Crippen LogP contribution in [0.5, 0.6) is 0 Å². The Labute approximate surface area is 164 Å². The summed E-state index contributed by atoms with van der Waals surface area (Å²) >= 11 is 0. The summed E-state index contributed by atoms with van der Waals surface area (Å²) in [6, 6.07) is -0.0101. The van der Waals surface area contributed by atoms with Gasteiger partial charge in [0.25, 0.3) is 5.56 Å².